The molecule has 0 aliphatic heterocycles. The molecule has 1 aromatic rings. The van der Waals surface area contributed by atoms with Gasteiger partial charge in [-0.1, -0.05) is 17.2 Å². The predicted molar refractivity (Wildman–Crippen MR) is 57.0 cm³/mol. The molecule has 3 nitrogen and oxygen atoms in total. The summed E-state index contributed by atoms with van der Waals surface area (Å²) in [7, 11) is 0. The van der Waals surface area contributed by atoms with E-state index in [1.807, 2.05) is 19.9 Å². The molecule has 1 aromatic carbocycles. The molecule has 1 N–H and O–H groups in total. The number of benzene rings is 1. The van der Waals surface area contributed by atoms with Crippen molar-refractivity contribution < 1.29 is 14.7 Å². The van der Waals surface area contributed by atoms with E-state index in [4.69, 9.17) is 5.11 Å². The lowest BCUT2D eigenvalue weighted by Gasteiger charge is -2.00. The molecule has 0 radical (unpaired) electrons. The standard InChI is InChI=1S/C12H12O3/c1-8-5-9(2)7-10(6-8)11(13)3-4-12(14)15/h3-7H,1-2H3,(H,14,15)/b4-3+. The Labute approximate surface area is 88.0 Å². The van der Waals surface area contributed by atoms with Crippen LogP contribution in [0.2, 0.25) is 0 Å². The number of hydrogen-bond acceptors (Lipinski definition) is 2. The van der Waals surface area contributed by atoms with Crippen molar-refractivity contribution in [2.75, 3.05) is 0 Å². The Kier molecular flexibility index (Phi) is 3.39. The van der Waals surface area contributed by atoms with Crippen LogP contribution in [0, 0.1) is 13.8 Å². The second-order valence-electron chi connectivity index (χ2n) is 3.41. The first-order valence-corrected chi connectivity index (χ1v) is 4.52. The Hall–Kier alpha value is -1.90. The lowest BCUT2D eigenvalue weighted by atomic mass is 10.0. The molecule has 0 unspecified atom stereocenters. The minimum absolute atomic E-state index is 0.288. The van der Waals surface area contributed by atoms with E-state index in [1.165, 1.54) is 0 Å². The van der Waals surface area contributed by atoms with Crippen molar-refractivity contribution in [2.45, 2.75) is 13.8 Å². The molecule has 1 rings (SSSR count). The van der Waals surface area contributed by atoms with Gasteiger partial charge in [-0.2, -0.15) is 0 Å². The maximum Gasteiger partial charge on any atom is 0.328 e. The Balaban J connectivity index is 2.96. The monoisotopic (exact) mass is 204 g/mol. The third kappa shape index (κ3) is 3.38. The molecule has 0 fully saturated rings. The summed E-state index contributed by atoms with van der Waals surface area (Å²) in [5, 5.41) is 8.38. The largest absolute Gasteiger partial charge is 0.478 e. The predicted octanol–water partition coefficient (Wildman–Crippen LogP) is 2.13. The number of rotatable bonds is 3. The molecule has 0 saturated heterocycles. The zero-order valence-corrected chi connectivity index (χ0v) is 8.65. The number of ketones is 1. The van der Waals surface area contributed by atoms with E-state index in [1.54, 1.807) is 12.1 Å². The lowest BCUT2D eigenvalue weighted by Crippen LogP contribution is -1.97. The topological polar surface area (TPSA) is 54.4 Å². The van der Waals surface area contributed by atoms with Crippen LogP contribution in [0.15, 0.2) is 30.4 Å². The molecule has 0 heterocycles. The Morgan fingerprint density at radius 1 is 1.07 bits per heavy atom. The van der Waals surface area contributed by atoms with Crippen LogP contribution < -0.4 is 0 Å². The molecular weight excluding hydrogens is 192 g/mol. The van der Waals surface area contributed by atoms with Crippen LogP contribution in [0.5, 0.6) is 0 Å². The van der Waals surface area contributed by atoms with Gasteiger partial charge in [0.1, 0.15) is 0 Å². The van der Waals surface area contributed by atoms with Crippen LogP contribution in [0.3, 0.4) is 0 Å². The normalized spacial score (nSPS) is 10.5. The lowest BCUT2D eigenvalue weighted by molar-refractivity contribution is -0.131. The molecule has 0 bridgehead atoms. The minimum Gasteiger partial charge on any atom is -0.478 e. The van der Waals surface area contributed by atoms with Crippen LogP contribution in [0.4, 0.5) is 0 Å². The summed E-state index contributed by atoms with van der Waals surface area (Å²) in [6.07, 6.45) is 1.91. The van der Waals surface area contributed by atoms with Crippen molar-refractivity contribution in [3.05, 3.63) is 47.0 Å². The summed E-state index contributed by atoms with van der Waals surface area (Å²) in [5.74, 6) is -1.41. The van der Waals surface area contributed by atoms with E-state index >= 15 is 0 Å². The van der Waals surface area contributed by atoms with E-state index in [-0.39, 0.29) is 5.78 Å². The maximum atomic E-state index is 11.5. The zero-order valence-electron chi connectivity index (χ0n) is 8.65. The number of carbonyl (C=O) groups is 2. The summed E-state index contributed by atoms with van der Waals surface area (Å²) in [6.45, 7) is 3.79. The third-order valence-electron chi connectivity index (χ3n) is 1.88. The number of allylic oxidation sites excluding steroid dienone is 1. The molecule has 3 heteroatoms. The third-order valence-corrected chi connectivity index (χ3v) is 1.88. The van der Waals surface area contributed by atoms with Gasteiger partial charge in [0.15, 0.2) is 5.78 Å². The van der Waals surface area contributed by atoms with E-state index in [9.17, 15) is 9.59 Å². The number of carbonyl (C=O) groups excluding carboxylic acids is 1. The number of aryl methyl sites for hydroxylation is 2. The fraction of sp³-hybridized carbons (Fsp3) is 0.167. The van der Waals surface area contributed by atoms with Crippen molar-refractivity contribution in [1.82, 2.24) is 0 Å². The fourth-order valence-electron chi connectivity index (χ4n) is 1.36. The van der Waals surface area contributed by atoms with Crippen LogP contribution in [-0.4, -0.2) is 16.9 Å². The van der Waals surface area contributed by atoms with Crippen LogP contribution >= 0.6 is 0 Å². The van der Waals surface area contributed by atoms with Crippen molar-refractivity contribution >= 4 is 11.8 Å². The summed E-state index contributed by atoms with van der Waals surface area (Å²) in [5.41, 5.74) is 2.49. The summed E-state index contributed by atoms with van der Waals surface area (Å²) in [4.78, 5) is 21.7. The van der Waals surface area contributed by atoms with Gasteiger partial charge in [0.2, 0.25) is 0 Å². The molecule has 0 amide bonds. The first-order chi connectivity index (χ1) is 6.99. The van der Waals surface area contributed by atoms with E-state index < -0.39 is 5.97 Å². The van der Waals surface area contributed by atoms with Gasteiger partial charge in [-0.25, -0.2) is 4.79 Å². The fourth-order valence-corrected chi connectivity index (χ4v) is 1.36. The second kappa shape index (κ2) is 4.55. The Morgan fingerprint density at radius 2 is 1.60 bits per heavy atom. The Bertz CT molecular complexity index is 410. The summed E-state index contributed by atoms with van der Waals surface area (Å²) >= 11 is 0. The quantitative estimate of drug-likeness (QED) is 0.606. The van der Waals surface area contributed by atoms with Gasteiger partial charge in [0.25, 0.3) is 0 Å². The van der Waals surface area contributed by atoms with Crippen molar-refractivity contribution in [2.24, 2.45) is 0 Å². The van der Waals surface area contributed by atoms with Crippen molar-refractivity contribution in [3.8, 4) is 0 Å². The molecule has 0 aliphatic carbocycles. The van der Waals surface area contributed by atoms with Gasteiger partial charge in [0, 0.05) is 11.6 Å². The second-order valence-corrected chi connectivity index (χ2v) is 3.41. The molecule has 78 valence electrons. The molecule has 0 saturated carbocycles. The molecule has 0 spiro atoms. The molecule has 15 heavy (non-hydrogen) atoms. The summed E-state index contributed by atoms with van der Waals surface area (Å²) in [6, 6.07) is 5.43. The average molecular weight is 204 g/mol. The van der Waals surface area contributed by atoms with Gasteiger partial charge in [-0.05, 0) is 32.1 Å². The van der Waals surface area contributed by atoms with E-state index in [0.717, 1.165) is 23.3 Å². The van der Waals surface area contributed by atoms with Crippen molar-refractivity contribution in [3.63, 3.8) is 0 Å². The average Bonchev–Trinajstić information content (AvgIpc) is 2.12. The molecule has 0 aliphatic rings. The molecule has 0 aromatic heterocycles. The SMILES string of the molecule is Cc1cc(C)cc(C(=O)/C=C/C(=O)O)c1. The number of aliphatic carboxylic acids is 1. The number of carboxylic acids is 1. The van der Waals surface area contributed by atoms with Gasteiger partial charge in [-0.15, -0.1) is 0 Å². The van der Waals surface area contributed by atoms with Crippen LogP contribution in [0.25, 0.3) is 0 Å². The van der Waals surface area contributed by atoms with Crippen LogP contribution in [0.1, 0.15) is 21.5 Å². The molecule has 0 atom stereocenters. The number of carboxylic acid groups (broad SMARTS) is 1. The number of hydrogen-bond donors (Lipinski definition) is 1. The van der Waals surface area contributed by atoms with Gasteiger partial charge < -0.3 is 5.11 Å². The van der Waals surface area contributed by atoms with Gasteiger partial charge in [-0.3, -0.25) is 4.79 Å². The van der Waals surface area contributed by atoms with E-state index in [2.05, 4.69) is 0 Å². The van der Waals surface area contributed by atoms with Crippen molar-refractivity contribution in [1.29, 1.82) is 0 Å². The van der Waals surface area contributed by atoms with Gasteiger partial charge in [0.05, 0.1) is 0 Å². The zero-order chi connectivity index (χ0) is 11.4. The highest BCUT2D eigenvalue weighted by Gasteiger charge is 2.03. The first kappa shape index (κ1) is 11.2. The van der Waals surface area contributed by atoms with Crippen LogP contribution in [-0.2, 0) is 4.79 Å². The Morgan fingerprint density at radius 3 is 2.07 bits per heavy atom. The maximum absolute atomic E-state index is 11.5. The highest BCUT2D eigenvalue weighted by Crippen LogP contribution is 2.09. The van der Waals surface area contributed by atoms with E-state index in [0.29, 0.717) is 5.56 Å². The summed E-state index contributed by atoms with van der Waals surface area (Å²) < 4.78 is 0. The first-order valence-electron chi connectivity index (χ1n) is 4.52. The highest BCUT2D eigenvalue weighted by molar-refractivity contribution is 6.07. The minimum atomic E-state index is -1.12. The van der Waals surface area contributed by atoms with Gasteiger partial charge >= 0.3 is 5.97 Å². The molecular formula is C12H12O3. The highest BCUT2D eigenvalue weighted by atomic mass is 16.4. The smallest absolute Gasteiger partial charge is 0.328 e.